The maximum atomic E-state index is 11.9. The van der Waals surface area contributed by atoms with Crippen molar-refractivity contribution in [3.05, 3.63) is 34.4 Å². The van der Waals surface area contributed by atoms with Crippen LogP contribution in [0.25, 0.3) is 0 Å². The van der Waals surface area contributed by atoms with E-state index >= 15 is 0 Å². The first-order valence-electron chi connectivity index (χ1n) is 13.2. The Morgan fingerprint density at radius 3 is 1.41 bits per heavy atom. The molecule has 34 heavy (non-hydrogen) atoms. The van der Waals surface area contributed by atoms with Gasteiger partial charge >= 0.3 is 11.9 Å². The van der Waals surface area contributed by atoms with Crippen LogP contribution in [0.4, 0.5) is 0 Å². The van der Waals surface area contributed by atoms with Crippen LogP contribution in [0.3, 0.4) is 0 Å². The number of hydrogen-bond acceptors (Lipinski definition) is 4. The van der Waals surface area contributed by atoms with Gasteiger partial charge < -0.3 is 19.7 Å². The van der Waals surface area contributed by atoms with Gasteiger partial charge in [-0.3, -0.25) is 0 Å². The molecule has 0 aliphatic rings. The summed E-state index contributed by atoms with van der Waals surface area (Å²) in [6.07, 6.45) is 9.76. The first-order chi connectivity index (χ1) is 16.4. The highest BCUT2D eigenvalue weighted by molar-refractivity contribution is 5.95. The molecule has 0 saturated carbocycles. The molecule has 1 aromatic carbocycles. The summed E-state index contributed by atoms with van der Waals surface area (Å²) in [6, 6.07) is 2.80. The Labute approximate surface area is 206 Å². The Hall–Kier alpha value is -1.92. The van der Waals surface area contributed by atoms with Crippen LogP contribution >= 0.6 is 0 Å². The summed E-state index contributed by atoms with van der Waals surface area (Å²) < 4.78 is 11.8. The Morgan fingerprint density at radius 2 is 1.12 bits per heavy atom. The molecular formula is C28H46O6. The molecule has 1 aromatic rings. The van der Waals surface area contributed by atoms with Gasteiger partial charge in [-0.15, -0.1) is 0 Å². The van der Waals surface area contributed by atoms with Crippen LogP contribution in [-0.4, -0.2) is 48.6 Å². The fourth-order valence-corrected chi connectivity index (χ4v) is 4.31. The van der Waals surface area contributed by atoms with E-state index in [9.17, 15) is 19.8 Å². The smallest absolute Gasteiger partial charge is 0.335 e. The van der Waals surface area contributed by atoms with E-state index < -0.39 is 11.9 Å². The first kappa shape index (κ1) is 30.1. The van der Waals surface area contributed by atoms with Crippen LogP contribution in [0.2, 0.25) is 0 Å². The summed E-state index contributed by atoms with van der Waals surface area (Å²) in [5, 5.41) is 19.5. The zero-order valence-corrected chi connectivity index (χ0v) is 21.7. The zero-order chi connectivity index (χ0) is 25.3. The Morgan fingerprint density at radius 1 is 0.735 bits per heavy atom. The molecule has 0 saturated heterocycles. The van der Waals surface area contributed by atoms with Gasteiger partial charge in [-0.2, -0.15) is 0 Å². The lowest BCUT2D eigenvalue weighted by Crippen LogP contribution is -2.17. The average Bonchev–Trinajstić information content (AvgIpc) is 2.82. The van der Waals surface area contributed by atoms with Gasteiger partial charge in [0.15, 0.2) is 0 Å². The number of aromatic carboxylic acids is 2. The molecule has 0 spiro atoms. The van der Waals surface area contributed by atoms with Crippen molar-refractivity contribution in [2.24, 2.45) is 11.8 Å². The molecule has 6 nitrogen and oxygen atoms in total. The lowest BCUT2D eigenvalue weighted by molar-refractivity contribution is 0.0674. The molecule has 2 atom stereocenters. The number of hydrogen-bond donors (Lipinski definition) is 2. The van der Waals surface area contributed by atoms with Crippen LogP contribution in [0.15, 0.2) is 12.1 Å². The minimum Gasteiger partial charge on any atom is -0.478 e. The second kappa shape index (κ2) is 17.5. The number of benzene rings is 1. The van der Waals surface area contributed by atoms with Crippen LogP contribution in [0.1, 0.15) is 111 Å². The largest absolute Gasteiger partial charge is 0.478 e. The van der Waals surface area contributed by atoms with Crippen molar-refractivity contribution in [3.8, 4) is 0 Å². The zero-order valence-electron chi connectivity index (χ0n) is 21.7. The van der Waals surface area contributed by atoms with Crippen LogP contribution in [0.5, 0.6) is 0 Å². The topological polar surface area (TPSA) is 93.1 Å². The SMILES string of the molecule is CCCCC(CC)COCCc1c(C(=O)O)ccc(C(=O)O)c1CCOCC(CC)CCCC. The van der Waals surface area contributed by atoms with Crippen LogP contribution in [0, 0.1) is 11.8 Å². The maximum absolute atomic E-state index is 11.9. The molecule has 6 heteroatoms. The molecule has 2 N–H and O–H groups in total. The van der Waals surface area contributed by atoms with Gasteiger partial charge in [-0.1, -0.05) is 66.2 Å². The molecule has 0 aliphatic heterocycles. The van der Waals surface area contributed by atoms with Crippen molar-refractivity contribution in [2.45, 2.75) is 91.9 Å². The Kier molecular flexibility index (Phi) is 15.5. The predicted molar refractivity (Wildman–Crippen MR) is 136 cm³/mol. The highest BCUT2D eigenvalue weighted by atomic mass is 16.5. The molecule has 0 fully saturated rings. The summed E-state index contributed by atoms with van der Waals surface area (Å²) >= 11 is 0. The van der Waals surface area contributed by atoms with Crippen molar-refractivity contribution >= 4 is 11.9 Å². The van der Waals surface area contributed by atoms with Crippen molar-refractivity contribution in [1.29, 1.82) is 0 Å². The molecule has 0 aromatic heterocycles. The first-order valence-corrected chi connectivity index (χ1v) is 13.2. The number of carboxylic acid groups (broad SMARTS) is 2. The van der Waals surface area contributed by atoms with Gasteiger partial charge in [0.05, 0.1) is 24.3 Å². The molecule has 0 radical (unpaired) electrons. The monoisotopic (exact) mass is 478 g/mol. The molecule has 0 bridgehead atoms. The van der Waals surface area contributed by atoms with E-state index in [1.165, 1.54) is 25.0 Å². The Balaban J connectivity index is 2.90. The summed E-state index contributed by atoms with van der Waals surface area (Å²) in [5.41, 5.74) is 1.40. The second-order valence-corrected chi connectivity index (χ2v) is 9.21. The van der Waals surface area contributed by atoms with Gasteiger partial charge in [0.25, 0.3) is 0 Å². The normalized spacial score (nSPS) is 13.1. The molecule has 0 heterocycles. The highest BCUT2D eigenvalue weighted by Gasteiger charge is 2.21. The van der Waals surface area contributed by atoms with Crippen molar-refractivity contribution in [2.75, 3.05) is 26.4 Å². The van der Waals surface area contributed by atoms with E-state index in [1.54, 1.807) is 0 Å². The number of carbonyl (C=O) groups is 2. The number of ether oxygens (including phenoxy) is 2. The van der Waals surface area contributed by atoms with Crippen molar-refractivity contribution in [3.63, 3.8) is 0 Å². The van der Waals surface area contributed by atoms with Gasteiger partial charge in [-0.25, -0.2) is 9.59 Å². The highest BCUT2D eigenvalue weighted by Crippen LogP contribution is 2.23. The van der Waals surface area contributed by atoms with Crippen molar-refractivity contribution in [1.82, 2.24) is 0 Å². The summed E-state index contributed by atoms with van der Waals surface area (Å²) in [5.74, 6) is -1.10. The second-order valence-electron chi connectivity index (χ2n) is 9.21. The van der Waals surface area contributed by atoms with Crippen LogP contribution in [-0.2, 0) is 22.3 Å². The summed E-state index contributed by atoms with van der Waals surface area (Å²) in [4.78, 5) is 23.8. The Bertz CT molecular complexity index is 669. The summed E-state index contributed by atoms with van der Waals surface area (Å²) in [7, 11) is 0. The quantitative estimate of drug-likeness (QED) is 0.204. The van der Waals surface area contributed by atoms with Crippen LogP contribution < -0.4 is 0 Å². The minimum atomic E-state index is -1.05. The number of rotatable bonds is 20. The van der Waals surface area contributed by atoms with E-state index in [1.807, 2.05) is 0 Å². The molecule has 2 unspecified atom stereocenters. The van der Waals surface area contributed by atoms with E-state index in [4.69, 9.17) is 9.47 Å². The van der Waals surface area contributed by atoms with Gasteiger partial charge in [0.1, 0.15) is 0 Å². The van der Waals surface area contributed by atoms with E-state index in [-0.39, 0.29) is 11.1 Å². The van der Waals surface area contributed by atoms with Gasteiger partial charge in [0, 0.05) is 13.2 Å². The fourth-order valence-electron chi connectivity index (χ4n) is 4.31. The van der Waals surface area contributed by atoms with E-state index in [2.05, 4.69) is 27.7 Å². The number of carboxylic acids is 2. The third kappa shape index (κ3) is 10.6. The van der Waals surface area contributed by atoms with Gasteiger partial charge in [0.2, 0.25) is 0 Å². The standard InChI is InChI=1S/C28H46O6/c1-5-9-11-21(7-3)19-33-17-15-23-24(16-18-34-20-22(8-4)12-10-6-2)26(28(31)32)14-13-25(23)27(29)30/h13-14,21-22H,5-12,15-20H2,1-4H3,(H,29,30)(H,31,32). The molecule has 0 amide bonds. The number of unbranched alkanes of at least 4 members (excludes halogenated alkanes) is 2. The fraction of sp³-hybridized carbons (Fsp3) is 0.714. The maximum Gasteiger partial charge on any atom is 0.335 e. The average molecular weight is 479 g/mol. The van der Waals surface area contributed by atoms with Crippen molar-refractivity contribution < 1.29 is 29.3 Å². The van der Waals surface area contributed by atoms with Gasteiger partial charge in [-0.05, 0) is 60.8 Å². The lowest BCUT2D eigenvalue weighted by atomic mass is 9.92. The third-order valence-electron chi connectivity index (χ3n) is 6.68. The third-order valence-corrected chi connectivity index (χ3v) is 6.68. The molecule has 0 aliphatic carbocycles. The van der Waals surface area contributed by atoms with E-state index in [0.717, 1.165) is 38.5 Å². The predicted octanol–water partition coefficient (Wildman–Crippen LogP) is 6.63. The molecule has 1 rings (SSSR count). The minimum absolute atomic E-state index is 0.149. The molecular weight excluding hydrogens is 432 g/mol. The van der Waals surface area contributed by atoms with E-state index in [0.29, 0.717) is 62.2 Å². The lowest BCUT2D eigenvalue weighted by Gasteiger charge is -2.19. The molecule has 194 valence electrons. The summed E-state index contributed by atoms with van der Waals surface area (Å²) in [6.45, 7) is 10.7.